The monoisotopic (exact) mass is 216 g/mol. The minimum Gasteiger partial charge on any atom is -0.396 e. The number of likely N-dealkylation sites (N-methyl/N-ethyl adjacent to an activating group) is 1. The summed E-state index contributed by atoms with van der Waals surface area (Å²) in [4.78, 5) is 13.3. The molecule has 1 amide bonds. The standard InChI is InChI=1S/C11H24N2O2/c1-3-13(4-2)11(15)10-12-8-6-5-7-9-14/h12,14H,3-10H2,1-2H3. The van der Waals surface area contributed by atoms with Crippen molar-refractivity contribution >= 4 is 5.91 Å². The molecule has 0 radical (unpaired) electrons. The Morgan fingerprint density at radius 2 is 1.87 bits per heavy atom. The molecule has 0 unspecified atom stereocenters. The number of hydrogen-bond donors (Lipinski definition) is 2. The summed E-state index contributed by atoms with van der Waals surface area (Å²) in [6.45, 7) is 7.08. The summed E-state index contributed by atoms with van der Waals surface area (Å²) in [5.74, 6) is 0.169. The van der Waals surface area contributed by atoms with Crippen molar-refractivity contribution in [1.82, 2.24) is 10.2 Å². The summed E-state index contributed by atoms with van der Waals surface area (Å²) in [6, 6.07) is 0. The van der Waals surface area contributed by atoms with E-state index in [1.807, 2.05) is 18.7 Å². The third-order valence-corrected chi connectivity index (χ3v) is 2.40. The maximum Gasteiger partial charge on any atom is 0.236 e. The molecule has 0 saturated heterocycles. The molecule has 4 heteroatoms. The molecule has 0 heterocycles. The van der Waals surface area contributed by atoms with Crippen molar-refractivity contribution in [3.63, 3.8) is 0 Å². The Morgan fingerprint density at radius 3 is 2.40 bits per heavy atom. The van der Waals surface area contributed by atoms with Gasteiger partial charge in [-0.25, -0.2) is 0 Å². The average Bonchev–Trinajstić information content (AvgIpc) is 2.25. The molecule has 0 bridgehead atoms. The molecule has 0 aliphatic rings. The van der Waals surface area contributed by atoms with Crippen LogP contribution in [0.4, 0.5) is 0 Å². The number of carbonyl (C=O) groups excluding carboxylic acids is 1. The van der Waals surface area contributed by atoms with Gasteiger partial charge in [0.1, 0.15) is 0 Å². The van der Waals surface area contributed by atoms with Gasteiger partial charge in [0.05, 0.1) is 6.54 Å². The second-order valence-corrected chi connectivity index (χ2v) is 3.53. The van der Waals surface area contributed by atoms with Crippen LogP contribution >= 0.6 is 0 Å². The lowest BCUT2D eigenvalue weighted by atomic mass is 10.2. The van der Waals surface area contributed by atoms with Crippen molar-refractivity contribution in [3.8, 4) is 0 Å². The maximum absolute atomic E-state index is 11.5. The second kappa shape index (κ2) is 9.93. The smallest absolute Gasteiger partial charge is 0.236 e. The van der Waals surface area contributed by atoms with Crippen molar-refractivity contribution < 1.29 is 9.90 Å². The van der Waals surface area contributed by atoms with Gasteiger partial charge in [0, 0.05) is 19.7 Å². The SMILES string of the molecule is CCN(CC)C(=O)CNCCCCCO. The summed E-state index contributed by atoms with van der Waals surface area (Å²) in [7, 11) is 0. The van der Waals surface area contributed by atoms with Crippen molar-refractivity contribution in [3.05, 3.63) is 0 Å². The van der Waals surface area contributed by atoms with E-state index in [0.29, 0.717) is 6.54 Å². The molecule has 0 atom stereocenters. The summed E-state index contributed by atoms with van der Waals surface area (Å²) >= 11 is 0. The van der Waals surface area contributed by atoms with Crippen LogP contribution in [0.15, 0.2) is 0 Å². The topological polar surface area (TPSA) is 52.6 Å². The van der Waals surface area contributed by atoms with Crippen LogP contribution in [-0.4, -0.2) is 48.7 Å². The molecule has 0 aliphatic heterocycles. The lowest BCUT2D eigenvalue weighted by Crippen LogP contribution is -2.38. The number of aliphatic hydroxyl groups is 1. The molecule has 15 heavy (non-hydrogen) atoms. The van der Waals surface area contributed by atoms with Crippen LogP contribution < -0.4 is 5.32 Å². The first-order valence-electron chi connectivity index (χ1n) is 5.85. The van der Waals surface area contributed by atoms with Crippen LogP contribution in [0, 0.1) is 0 Å². The maximum atomic E-state index is 11.5. The largest absolute Gasteiger partial charge is 0.396 e. The van der Waals surface area contributed by atoms with E-state index in [0.717, 1.165) is 38.9 Å². The highest BCUT2D eigenvalue weighted by Gasteiger charge is 2.07. The van der Waals surface area contributed by atoms with Crippen molar-refractivity contribution in [2.24, 2.45) is 0 Å². The molecule has 0 saturated carbocycles. The van der Waals surface area contributed by atoms with Crippen LogP contribution in [0.5, 0.6) is 0 Å². The normalized spacial score (nSPS) is 10.3. The van der Waals surface area contributed by atoms with Gasteiger partial charge in [0.25, 0.3) is 0 Å². The lowest BCUT2D eigenvalue weighted by Gasteiger charge is -2.18. The van der Waals surface area contributed by atoms with E-state index in [1.165, 1.54) is 0 Å². The van der Waals surface area contributed by atoms with Crippen molar-refractivity contribution in [1.29, 1.82) is 0 Å². The van der Waals surface area contributed by atoms with E-state index >= 15 is 0 Å². The minimum atomic E-state index is 0.169. The molecule has 0 aromatic rings. The molecule has 0 aromatic carbocycles. The quantitative estimate of drug-likeness (QED) is 0.555. The summed E-state index contributed by atoms with van der Waals surface area (Å²) in [6.07, 6.45) is 2.89. The first-order valence-corrected chi connectivity index (χ1v) is 5.85. The first-order chi connectivity index (χ1) is 7.26. The fourth-order valence-corrected chi connectivity index (χ4v) is 1.42. The Kier molecular flexibility index (Phi) is 9.52. The van der Waals surface area contributed by atoms with E-state index in [2.05, 4.69) is 5.32 Å². The second-order valence-electron chi connectivity index (χ2n) is 3.53. The molecule has 4 nitrogen and oxygen atoms in total. The number of nitrogens with zero attached hydrogens (tertiary/aromatic N) is 1. The summed E-state index contributed by atoms with van der Waals surface area (Å²) in [5.41, 5.74) is 0. The van der Waals surface area contributed by atoms with Gasteiger partial charge in [0.15, 0.2) is 0 Å². The van der Waals surface area contributed by atoms with Crippen LogP contribution in [0.3, 0.4) is 0 Å². The zero-order valence-electron chi connectivity index (χ0n) is 9.96. The third-order valence-electron chi connectivity index (χ3n) is 2.40. The van der Waals surface area contributed by atoms with E-state index in [9.17, 15) is 4.79 Å². The van der Waals surface area contributed by atoms with Gasteiger partial charge in [-0.3, -0.25) is 4.79 Å². The molecular weight excluding hydrogens is 192 g/mol. The van der Waals surface area contributed by atoms with E-state index in [4.69, 9.17) is 5.11 Å². The van der Waals surface area contributed by atoms with Crippen LogP contribution in [0.1, 0.15) is 33.1 Å². The Labute approximate surface area is 92.7 Å². The lowest BCUT2D eigenvalue weighted by molar-refractivity contribution is -0.129. The van der Waals surface area contributed by atoms with Gasteiger partial charge in [-0.1, -0.05) is 0 Å². The summed E-state index contributed by atoms with van der Waals surface area (Å²) < 4.78 is 0. The van der Waals surface area contributed by atoms with Gasteiger partial charge in [-0.15, -0.1) is 0 Å². The van der Waals surface area contributed by atoms with E-state index < -0.39 is 0 Å². The third kappa shape index (κ3) is 7.33. The predicted octanol–water partition coefficient (Wildman–Crippen LogP) is 0.607. The number of rotatable bonds is 9. The number of nitrogens with one attached hydrogen (secondary N) is 1. The molecular formula is C11H24N2O2. The highest BCUT2D eigenvalue weighted by molar-refractivity contribution is 5.78. The molecule has 0 fully saturated rings. The summed E-state index contributed by atoms with van der Waals surface area (Å²) in [5, 5.41) is 11.7. The van der Waals surface area contributed by atoms with E-state index in [-0.39, 0.29) is 12.5 Å². The number of amides is 1. The molecule has 0 rings (SSSR count). The van der Waals surface area contributed by atoms with Crippen LogP contribution in [0.25, 0.3) is 0 Å². The predicted molar refractivity (Wildman–Crippen MR) is 61.7 cm³/mol. The van der Waals surface area contributed by atoms with E-state index in [1.54, 1.807) is 0 Å². The Bertz CT molecular complexity index is 159. The van der Waals surface area contributed by atoms with Crippen molar-refractivity contribution in [2.75, 3.05) is 32.8 Å². The number of carbonyl (C=O) groups is 1. The van der Waals surface area contributed by atoms with Gasteiger partial charge in [-0.05, 0) is 39.7 Å². The van der Waals surface area contributed by atoms with Gasteiger partial charge in [-0.2, -0.15) is 0 Å². The highest BCUT2D eigenvalue weighted by atomic mass is 16.2. The fourth-order valence-electron chi connectivity index (χ4n) is 1.42. The Morgan fingerprint density at radius 1 is 1.20 bits per heavy atom. The number of aliphatic hydroxyl groups excluding tert-OH is 1. The number of hydrogen-bond acceptors (Lipinski definition) is 3. The molecule has 0 spiro atoms. The first kappa shape index (κ1) is 14.4. The molecule has 90 valence electrons. The fraction of sp³-hybridized carbons (Fsp3) is 0.909. The zero-order chi connectivity index (χ0) is 11.5. The molecule has 0 aliphatic carbocycles. The molecule has 2 N–H and O–H groups in total. The van der Waals surface area contributed by atoms with Gasteiger partial charge >= 0.3 is 0 Å². The van der Waals surface area contributed by atoms with Crippen LogP contribution in [0.2, 0.25) is 0 Å². The van der Waals surface area contributed by atoms with Crippen LogP contribution in [-0.2, 0) is 4.79 Å². The minimum absolute atomic E-state index is 0.169. The average molecular weight is 216 g/mol. The van der Waals surface area contributed by atoms with Gasteiger partial charge < -0.3 is 15.3 Å². The van der Waals surface area contributed by atoms with Crippen molar-refractivity contribution in [2.45, 2.75) is 33.1 Å². The van der Waals surface area contributed by atoms with Gasteiger partial charge in [0.2, 0.25) is 5.91 Å². The Hall–Kier alpha value is -0.610. The Balaban J connectivity index is 3.38. The highest BCUT2D eigenvalue weighted by Crippen LogP contribution is 1.92. The molecule has 0 aromatic heterocycles. The number of unbranched alkanes of at least 4 members (excludes halogenated alkanes) is 2. The zero-order valence-corrected chi connectivity index (χ0v) is 9.96.